The SMILES string of the molecule is CCOP(=O)(OCC)[C@@H](NC(=O)OCCn1c([N+](=O)[O-])cnc1C)C(Cl)(Cl)Cl. The highest BCUT2D eigenvalue weighted by atomic mass is 35.6. The second kappa shape index (κ2) is 10.6. The number of nitrogens with one attached hydrogen (secondary N) is 1. The Bertz CT molecular complexity index is 730. The lowest BCUT2D eigenvalue weighted by atomic mass is 10.6. The van der Waals surface area contributed by atoms with Crippen LogP contribution < -0.4 is 5.32 Å². The molecule has 1 amide bonds. The zero-order valence-corrected chi connectivity index (χ0v) is 18.4. The van der Waals surface area contributed by atoms with Gasteiger partial charge in [-0.05, 0) is 18.8 Å². The molecule has 15 heteroatoms. The molecule has 28 heavy (non-hydrogen) atoms. The predicted octanol–water partition coefficient (Wildman–Crippen LogP) is 3.79. The first-order chi connectivity index (χ1) is 13.0. The van der Waals surface area contributed by atoms with Crippen molar-refractivity contribution < 1.29 is 28.1 Å². The van der Waals surface area contributed by atoms with Crippen molar-refractivity contribution in [2.75, 3.05) is 19.8 Å². The van der Waals surface area contributed by atoms with Crippen molar-refractivity contribution in [2.24, 2.45) is 0 Å². The predicted molar refractivity (Wildman–Crippen MR) is 103 cm³/mol. The van der Waals surface area contributed by atoms with E-state index in [9.17, 15) is 19.5 Å². The zero-order chi connectivity index (χ0) is 21.5. The first-order valence-electron chi connectivity index (χ1n) is 8.01. The van der Waals surface area contributed by atoms with Crippen LogP contribution in [0.2, 0.25) is 0 Å². The van der Waals surface area contributed by atoms with E-state index in [4.69, 9.17) is 48.6 Å². The molecule has 1 rings (SSSR count). The Morgan fingerprint density at radius 1 is 1.39 bits per heavy atom. The second-order valence-electron chi connectivity index (χ2n) is 5.17. The Morgan fingerprint density at radius 3 is 2.43 bits per heavy atom. The van der Waals surface area contributed by atoms with E-state index >= 15 is 0 Å². The van der Waals surface area contributed by atoms with Gasteiger partial charge in [0.2, 0.25) is 3.79 Å². The molecule has 0 aliphatic rings. The van der Waals surface area contributed by atoms with Crippen molar-refractivity contribution in [3.8, 4) is 0 Å². The van der Waals surface area contributed by atoms with Crippen molar-refractivity contribution in [1.29, 1.82) is 0 Å². The van der Waals surface area contributed by atoms with Crippen molar-refractivity contribution in [2.45, 2.75) is 36.9 Å². The van der Waals surface area contributed by atoms with E-state index in [1.54, 1.807) is 20.8 Å². The summed E-state index contributed by atoms with van der Waals surface area (Å²) in [5.74, 6) is -1.52. The van der Waals surface area contributed by atoms with Crippen LogP contribution in [-0.2, 0) is 24.9 Å². The third-order valence-electron chi connectivity index (χ3n) is 3.27. The number of amides is 1. The number of nitro groups is 1. The van der Waals surface area contributed by atoms with Crippen LogP contribution in [-0.4, -0.2) is 50.0 Å². The van der Waals surface area contributed by atoms with Crippen LogP contribution in [0.1, 0.15) is 19.7 Å². The maximum absolute atomic E-state index is 12.9. The van der Waals surface area contributed by atoms with Gasteiger partial charge in [-0.25, -0.2) is 14.3 Å². The number of ether oxygens (including phenoxy) is 1. The van der Waals surface area contributed by atoms with Crippen LogP contribution in [0.4, 0.5) is 10.6 Å². The summed E-state index contributed by atoms with van der Waals surface area (Å²) in [5.41, 5.74) is 0. The summed E-state index contributed by atoms with van der Waals surface area (Å²) < 4.78 is 27.1. The highest BCUT2D eigenvalue weighted by molar-refractivity contribution is 7.55. The molecule has 160 valence electrons. The molecule has 0 saturated carbocycles. The fraction of sp³-hybridized carbons (Fsp3) is 0.692. The summed E-state index contributed by atoms with van der Waals surface area (Å²) in [4.78, 5) is 26.3. The average Bonchev–Trinajstić information content (AvgIpc) is 2.93. The number of hydrogen-bond acceptors (Lipinski definition) is 8. The van der Waals surface area contributed by atoms with E-state index in [0.717, 1.165) is 6.20 Å². The van der Waals surface area contributed by atoms with Gasteiger partial charge in [0.25, 0.3) is 0 Å². The first kappa shape index (κ1) is 24.9. The number of nitrogens with zero attached hydrogens (tertiary/aromatic N) is 3. The zero-order valence-electron chi connectivity index (χ0n) is 15.3. The summed E-state index contributed by atoms with van der Waals surface area (Å²) in [6.07, 6.45) is 0.0192. The largest absolute Gasteiger partial charge is 0.445 e. The summed E-state index contributed by atoms with van der Waals surface area (Å²) in [6, 6.07) is 0. The van der Waals surface area contributed by atoms with Crippen LogP contribution in [0.25, 0.3) is 0 Å². The topological polar surface area (TPSA) is 135 Å². The molecular weight excluding hydrogens is 461 g/mol. The molecule has 0 aliphatic carbocycles. The van der Waals surface area contributed by atoms with Gasteiger partial charge in [0.15, 0.2) is 11.6 Å². The molecule has 0 aliphatic heterocycles. The summed E-state index contributed by atoms with van der Waals surface area (Å²) in [7, 11) is -4.03. The number of imidazole rings is 1. The van der Waals surface area contributed by atoms with Gasteiger partial charge in [0.1, 0.15) is 19.3 Å². The van der Waals surface area contributed by atoms with E-state index in [0.29, 0.717) is 5.82 Å². The molecule has 1 aromatic rings. The van der Waals surface area contributed by atoms with Gasteiger partial charge < -0.3 is 29.2 Å². The smallest absolute Gasteiger partial charge is 0.408 e. The molecule has 0 radical (unpaired) electrons. The van der Waals surface area contributed by atoms with Crippen molar-refractivity contribution >= 4 is 54.3 Å². The number of hydrogen-bond donors (Lipinski definition) is 1. The lowest BCUT2D eigenvalue weighted by molar-refractivity contribution is -0.392. The third kappa shape index (κ3) is 6.75. The van der Waals surface area contributed by atoms with Crippen molar-refractivity contribution in [1.82, 2.24) is 14.9 Å². The normalized spacial score (nSPS) is 13.2. The minimum atomic E-state index is -4.03. The van der Waals surface area contributed by atoms with Gasteiger partial charge >= 0.3 is 19.5 Å². The minimum Gasteiger partial charge on any atom is -0.445 e. The van der Waals surface area contributed by atoms with Gasteiger partial charge in [-0.15, -0.1) is 0 Å². The van der Waals surface area contributed by atoms with Gasteiger partial charge in [-0.1, -0.05) is 34.8 Å². The Morgan fingerprint density at radius 2 is 1.96 bits per heavy atom. The number of alkyl halides is 3. The van der Waals surface area contributed by atoms with Gasteiger partial charge in [0, 0.05) is 6.92 Å². The Labute approximate surface area is 176 Å². The van der Waals surface area contributed by atoms with Crippen LogP contribution in [0.15, 0.2) is 6.20 Å². The molecule has 0 unspecified atom stereocenters. The molecule has 0 spiro atoms. The number of carbonyl (C=O) groups excluding carboxylic acids is 1. The number of aryl methyl sites for hydroxylation is 1. The molecule has 1 heterocycles. The van der Waals surface area contributed by atoms with E-state index in [-0.39, 0.29) is 32.2 Å². The molecular formula is C13H20Cl3N4O7P. The molecule has 0 fully saturated rings. The summed E-state index contributed by atoms with van der Waals surface area (Å²) in [5, 5.41) is 13.1. The molecule has 1 atom stereocenters. The Kier molecular flexibility index (Phi) is 9.45. The molecule has 1 N–H and O–H groups in total. The minimum absolute atomic E-state index is 0.0190. The number of carbonyl (C=O) groups is 1. The van der Waals surface area contributed by atoms with Crippen LogP contribution >= 0.6 is 42.4 Å². The van der Waals surface area contributed by atoms with E-state index in [2.05, 4.69) is 10.3 Å². The lowest BCUT2D eigenvalue weighted by Crippen LogP contribution is -2.44. The molecule has 0 saturated heterocycles. The monoisotopic (exact) mass is 480 g/mol. The number of aromatic nitrogens is 2. The number of alkyl carbamates (subject to hydrolysis) is 1. The van der Waals surface area contributed by atoms with Gasteiger partial charge in [-0.2, -0.15) is 0 Å². The highest BCUT2D eigenvalue weighted by Crippen LogP contribution is 2.58. The molecule has 11 nitrogen and oxygen atoms in total. The Hall–Kier alpha value is -1.10. The highest BCUT2D eigenvalue weighted by Gasteiger charge is 2.50. The lowest BCUT2D eigenvalue weighted by Gasteiger charge is -2.31. The summed E-state index contributed by atoms with van der Waals surface area (Å²) in [6.45, 7) is 4.34. The maximum atomic E-state index is 12.9. The molecule has 1 aromatic heterocycles. The Balaban J connectivity index is 2.81. The summed E-state index contributed by atoms with van der Waals surface area (Å²) >= 11 is 17.5. The van der Waals surface area contributed by atoms with E-state index in [1.165, 1.54) is 4.57 Å². The first-order valence-corrected chi connectivity index (χ1v) is 10.8. The molecule has 0 bridgehead atoms. The van der Waals surface area contributed by atoms with Crippen molar-refractivity contribution in [3.05, 3.63) is 22.1 Å². The van der Waals surface area contributed by atoms with Crippen molar-refractivity contribution in [3.63, 3.8) is 0 Å². The van der Waals surface area contributed by atoms with E-state index < -0.39 is 28.2 Å². The van der Waals surface area contributed by atoms with Gasteiger partial charge in [0.05, 0.1) is 13.2 Å². The third-order valence-corrected chi connectivity index (χ3v) is 6.76. The molecule has 0 aromatic carbocycles. The number of halogens is 3. The van der Waals surface area contributed by atoms with Crippen LogP contribution in [0, 0.1) is 17.0 Å². The van der Waals surface area contributed by atoms with Crippen LogP contribution in [0.5, 0.6) is 0 Å². The van der Waals surface area contributed by atoms with Crippen LogP contribution in [0.3, 0.4) is 0 Å². The average molecular weight is 482 g/mol. The quantitative estimate of drug-likeness (QED) is 0.231. The second-order valence-corrected chi connectivity index (χ2v) is 9.65. The standard InChI is InChI=1S/C13H20Cl3N4O7P/c1-4-26-28(24,27-5-2)11(13(14,15)16)18-12(21)25-7-6-19-9(3)17-8-10(19)20(22)23/h8,11H,4-7H2,1-3H3,(H,18,21)/t11-/m1/s1. The number of rotatable bonds is 10. The fourth-order valence-corrected chi connectivity index (χ4v) is 5.10. The fourth-order valence-electron chi connectivity index (χ4n) is 2.15. The maximum Gasteiger partial charge on any atom is 0.408 e. The van der Waals surface area contributed by atoms with E-state index in [1.807, 2.05) is 0 Å². The van der Waals surface area contributed by atoms with Gasteiger partial charge in [-0.3, -0.25) is 4.57 Å².